The summed E-state index contributed by atoms with van der Waals surface area (Å²) in [5, 5.41) is 13.3. The standard InChI is InChI=1S/C19H24N6/c1-15-11-16(2)24(21-15)14-19-9-6-10-23(19)12-17-13-25(22-20-17)18-7-4-3-5-8-18/h3-5,7-8,11,13,19H,6,9-10,12,14H2,1-2H3/t19-/m0/s1. The first-order chi connectivity index (χ1) is 12.2. The first-order valence-corrected chi connectivity index (χ1v) is 8.91. The molecular formula is C19H24N6. The maximum absolute atomic E-state index is 4.62. The Morgan fingerprint density at radius 3 is 2.76 bits per heavy atom. The van der Waals surface area contributed by atoms with Crippen molar-refractivity contribution >= 4 is 0 Å². The molecule has 0 spiro atoms. The molecule has 0 unspecified atom stereocenters. The van der Waals surface area contributed by atoms with Gasteiger partial charge in [0.05, 0.1) is 29.8 Å². The first-order valence-electron chi connectivity index (χ1n) is 8.91. The van der Waals surface area contributed by atoms with Crippen molar-refractivity contribution in [1.29, 1.82) is 0 Å². The van der Waals surface area contributed by atoms with Crippen LogP contribution in [0.1, 0.15) is 29.9 Å². The molecule has 130 valence electrons. The highest BCUT2D eigenvalue weighted by Gasteiger charge is 2.26. The van der Waals surface area contributed by atoms with Crippen LogP contribution >= 0.6 is 0 Å². The second-order valence-corrected chi connectivity index (χ2v) is 6.87. The highest BCUT2D eigenvalue weighted by molar-refractivity contribution is 5.29. The van der Waals surface area contributed by atoms with Gasteiger partial charge in [-0.2, -0.15) is 5.10 Å². The van der Waals surface area contributed by atoms with Crippen LogP contribution in [0.25, 0.3) is 5.69 Å². The lowest BCUT2D eigenvalue weighted by Crippen LogP contribution is -2.33. The Bertz CT molecular complexity index is 835. The monoisotopic (exact) mass is 336 g/mol. The molecule has 2 aromatic heterocycles. The SMILES string of the molecule is Cc1cc(C)n(C[C@@H]2CCCN2Cc2cn(-c3ccccc3)nn2)n1. The van der Waals surface area contributed by atoms with Crippen LogP contribution in [0.4, 0.5) is 0 Å². The van der Waals surface area contributed by atoms with Gasteiger partial charge in [-0.05, 0) is 51.4 Å². The van der Waals surface area contributed by atoms with Crippen LogP contribution in [0.15, 0.2) is 42.6 Å². The number of hydrogen-bond donors (Lipinski definition) is 0. The van der Waals surface area contributed by atoms with E-state index in [1.165, 1.54) is 18.5 Å². The minimum absolute atomic E-state index is 0.514. The maximum atomic E-state index is 4.62. The Morgan fingerprint density at radius 2 is 2.00 bits per heavy atom. The summed E-state index contributed by atoms with van der Waals surface area (Å²) in [6, 6.07) is 12.8. The summed E-state index contributed by atoms with van der Waals surface area (Å²) in [5.41, 5.74) is 4.39. The highest BCUT2D eigenvalue weighted by atomic mass is 15.4. The van der Waals surface area contributed by atoms with Gasteiger partial charge in [-0.1, -0.05) is 23.4 Å². The zero-order valence-electron chi connectivity index (χ0n) is 14.8. The van der Waals surface area contributed by atoms with Crippen LogP contribution in [0.3, 0.4) is 0 Å². The minimum atomic E-state index is 0.514. The van der Waals surface area contributed by atoms with E-state index in [4.69, 9.17) is 0 Å². The molecule has 0 aliphatic carbocycles. The van der Waals surface area contributed by atoms with Crippen LogP contribution in [0, 0.1) is 13.8 Å². The van der Waals surface area contributed by atoms with Gasteiger partial charge < -0.3 is 0 Å². The number of rotatable bonds is 5. The molecule has 3 aromatic rings. The van der Waals surface area contributed by atoms with E-state index in [9.17, 15) is 0 Å². The summed E-state index contributed by atoms with van der Waals surface area (Å²) in [4.78, 5) is 2.51. The van der Waals surface area contributed by atoms with Crippen molar-refractivity contribution in [1.82, 2.24) is 29.7 Å². The van der Waals surface area contributed by atoms with Crippen molar-refractivity contribution in [3.63, 3.8) is 0 Å². The Morgan fingerprint density at radius 1 is 1.16 bits per heavy atom. The molecule has 25 heavy (non-hydrogen) atoms. The maximum Gasteiger partial charge on any atom is 0.0971 e. The largest absolute Gasteiger partial charge is 0.293 e. The van der Waals surface area contributed by atoms with Crippen LogP contribution in [-0.2, 0) is 13.1 Å². The lowest BCUT2D eigenvalue weighted by molar-refractivity contribution is 0.215. The average Bonchev–Trinajstić information content (AvgIpc) is 3.32. The Labute approximate surface area is 148 Å². The molecule has 1 aliphatic rings. The van der Waals surface area contributed by atoms with Crippen LogP contribution < -0.4 is 0 Å². The van der Waals surface area contributed by atoms with Gasteiger partial charge in [-0.25, -0.2) is 4.68 Å². The van der Waals surface area contributed by atoms with Gasteiger partial charge in [0.2, 0.25) is 0 Å². The average molecular weight is 336 g/mol. The Hall–Kier alpha value is -2.47. The number of para-hydroxylation sites is 1. The molecule has 4 rings (SSSR count). The molecule has 1 saturated heterocycles. The predicted octanol–water partition coefficient (Wildman–Crippen LogP) is 2.75. The summed E-state index contributed by atoms with van der Waals surface area (Å²) in [5.74, 6) is 0. The number of benzene rings is 1. The third kappa shape index (κ3) is 3.49. The molecule has 6 heteroatoms. The molecule has 1 aromatic carbocycles. The summed E-state index contributed by atoms with van der Waals surface area (Å²) in [6.45, 7) is 7.09. The molecule has 1 fully saturated rings. The third-order valence-electron chi connectivity index (χ3n) is 4.91. The molecule has 0 amide bonds. The molecule has 1 aliphatic heterocycles. The zero-order valence-corrected chi connectivity index (χ0v) is 14.8. The Balaban J connectivity index is 1.45. The van der Waals surface area contributed by atoms with E-state index < -0.39 is 0 Å². The number of aromatic nitrogens is 5. The molecular weight excluding hydrogens is 312 g/mol. The quantitative estimate of drug-likeness (QED) is 0.719. The van der Waals surface area contributed by atoms with Gasteiger partial charge >= 0.3 is 0 Å². The summed E-state index contributed by atoms with van der Waals surface area (Å²) in [6.07, 6.45) is 4.48. The number of nitrogens with zero attached hydrogens (tertiary/aromatic N) is 6. The van der Waals surface area contributed by atoms with Crippen molar-refractivity contribution in [3.05, 3.63) is 59.7 Å². The fourth-order valence-electron chi connectivity index (χ4n) is 3.66. The van der Waals surface area contributed by atoms with E-state index in [0.29, 0.717) is 6.04 Å². The lowest BCUT2D eigenvalue weighted by Gasteiger charge is -2.23. The van der Waals surface area contributed by atoms with Crippen molar-refractivity contribution in [2.24, 2.45) is 0 Å². The van der Waals surface area contributed by atoms with Crippen molar-refractivity contribution in [2.75, 3.05) is 6.54 Å². The molecule has 0 N–H and O–H groups in total. The van der Waals surface area contributed by atoms with Gasteiger partial charge in [-0.3, -0.25) is 9.58 Å². The molecule has 0 radical (unpaired) electrons. The molecule has 0 saturated carbocycles. The third-order valence-corrected chi connectivity index (χ3v) is 4.91. The van der Waals surface area contributed by atoms with E-state index in [0.717, 1.165) is 36.7 Å². The minimum Gasteiger partial charge on any atom is -0.293 e. The number of likely N-dealkylation sites (tertiary alicyclic amines) is 1. The zero-order chi connectivity index (χ0) is 17.2. The Kier molecular flexibility index (Phi) is 4.36. The van der Waals surface area contributed by atoms with Gasteiger partial charge in [0.25, 0.3) is 0 Å². The normalized spacial score (nSPS) is 18.1. The van der Waals surface area contributed by atoms with Gasteiger partial charge in [0, 0.05) is 18.3 Å². The second-order valence-electron chi connectivity index (χ2n) is 6.87. The predicted molar refractivity (Wildman–Crippen MR) is 96.5 cm³/mol. The molecule has 1 atom stereocenters. The van der Waals surface area contributed by atoms with Crippen molar-refractivity contribution < 1.29 is 0 Å². The summed E-state index contributed by atoms with van der Waals surface area (Å²) >= 11 is 0. The van der Waals surface area contributed by atoms with E-state index in [2.05, 4.69) is 44.9 Å². The topological polar surface area (TPSA) is 51.8 Å². The number of aryl methyl sites for hydroxylation is 2. The molecule has 3 heterocycles. The number of hydrogen-bond acceptors (Lipinski definition) is 4. The van der Waals surface area contributed by atoms with Crippen LogP contribution in [0.2, 0.25) is 0 Å². The molecule has 6 nitrogen and oxygen atoms in total. The second kappa shape index (κ2) is 6.80. The van der Waals surface area contributed by atoms with E-state index in [-0.39, 0.29) is 0 Å². The lowest BCUT2D eigenvalue weighted by atomic mass is 10.2. The van der Waals surface area contributed by atoms with Crippen molar-refractivity contribution in [3.8, 4) is 5.69 Å². The van der Waals surface area contributed by atoms with Crippen LogP contribution in [-0.4, -0.2) is 42.3 Å². The van der Waals surface area contributed by atoms with E-state index in [1.807, 2.05) is 41.2 Å². The summed E-state index contributed by atoms with van der Waals surface area (Å²) < 4.78 is 3.99. The van der Waals surface area contributed by atoms with E-state index in [1.54, 1.807) is 0 Å². The first kappa shape index (κ1) is 16.0. The van der Waals surface area contributed by atoms with Crippen LogP contribution in [0.5, 0.6) is 0 Å². The smallest absolute Gasteiger partial charge is 0.0971 e. The summed E-state index contributed by atoms with van der Waals surface area (Å²) in [7, 11) is 0. The fourth-order valence-corrected chi connectivity index (χ4v) is 3.66. The molecule has 0 bridgehead atoms. The van der Waals surface area contributed by atoms with Crippen molar-refractivity contribution in [2.45, 2.75) is 45.8 Å². The highest BCUT2D eigenvalue weighted by Crippen LogP contribution is 2.21. The van der Waals surface area contributed by atoms with Gasteiger partial charge in [-0.15, -0.1) is 5.10 Å². The fraction of sp³-hybridized carbons (Fsp3) is 0.421. The van der Waals surface area contributed by atoms with Gasteiger partial charge in [0.1, 0.15) is 0 Å². The van der Waals surface area contributed by atoms with Gasteiger partial charge in [0.15, 0.2) is 0 Å². The van der Waals surface area contributed by atoms with E-state index >= 15 is 0 Å².